The van der Waals surface area contributed by atoms with Crippen molar-refractivity contribution in [1.29, 1.82) is 0 Å². The topological polar surface area (TPSA) is 29.5 Å². The monoisotopic (exact) mass is 221 g/mol. The first-order chi connectivity index (χ1) is 4.95. The number of halogens is 1. The third-order valence-electron chi connectivity index (χ3n) is 1.81. The zero-order chi connectivity index (χ0) is 9.07. The molecule has 65 valence electrons. The first-order valence-electron chi connectivity index (χ1n) is 3.77. The van der Waals surface area contributed by atoms with E-state index in [9.17, 15) is 0 Å². The van der Waals surface area contributed by atoms with Crippen molar-refractivity contribution < 1.29 is 9.68 Å². The van der Waals surface area contributed by atoms with Crippen LogP contribution in [0.3, 0.4) is 0 Å². The number of alkyl halides is 1. The van der Waals surface area contributed by atoms with E-state index in [2.05, 4.69) is 15.9 Å². The van der Waals surface area contributed by atoms with Crippen LogP contribution in [-0.2, 0) is 4.65 Å². The average Bonchev–Trinajstić information content (AvgIpc) is 1.87. The average molecular weight is 222 g/mol. The molecule has 0 aliphatic carbocycles. The zero-order valence-electron chi connectivity index (χ0n) is 7.47. The molecule has 0 spiro atoms. The maximum absolute atomic E-state index is 8.52. The van der Waals surface area contributed by atoms with E-state index in [0.717, 1.165) is 7.69 Å². The standard InChI is InChI=1S/C7H15BBrO2/c1-5(2)7(9,6(3)4)11-8-10/h5-6,10H,1-4H3. The van der Waals surface area contributed by atoms with Gasteiger partial charge in [0.25, 0.3) is 0 Å². The van der Waals surface area contributed by atoms with Crippen molar-refractivity contribution >= 4 is 23.6 Å². The van der Waals surface area contributed by atoms with Crippen molar-refractivity contribution in [3.05, 3.63) is 0 Å². The van der Waals surface area contributed by atoms with Gasteiger partial charge in [-0.1, -0.05) is 43.6 Å². The van der Waals surface area contributed by atoms with Gasteiger partial charge < -0.3 is 9.68 Å². The molecular weight excluding hydrogens is 207 g/mol. The molecule has 0 saturated carbocycles. The largest absolute Gasteiger partial charge is 0.486 e. The van der Waals surface area contributed by atoms with Crippen LogP contribution < -0.4 is 0 Å². The van der Waals surface area contributed by atoms with Crippen LogP contribution in [0.5, 0.6) is 0 Å². The van der Waals surface area contributed by atoms with Crippen molar-refractivity contribution in [3.63, 3.8) is 0 Å². The molecule has 0 aliphatic heterocycles. The van der Waals surface area contributed by atoms with Crippen molar-refractivity contribution in [2.24, 2.45) is 11.8 Å². The highest BCUT2D eigenvalue weighted by molar-refractivity contribution is 9.10. The van der Waals surface area contributed by atoms with Gasteiger partial charge in [0.05, 0.1) is 0 Å². The molecule has 0 bridgehead atoms. The molecule has 0 unspecified atom stereocenters. The molecule has 4 heteroatoms. The summed E-state index contributed by atoms with van der Waals surface area (Å²) < 4.78 is 4.66. The predicted octanol–water partition coefficient (Wildman–Crippen LogP) is 1.93. The van der Waals surface area contributed by atoms with Crippen molar-refractivity contribution in [1.82, 2.24) is 0 Å². The van der Waals surface area contributed by atoms with E-state index >= 15 is 0 Å². The number of rotatable bonds is 4. The van der Waals surface area contributed by atoms with Gasteiger partial charge in [-0.25, -0.2) is 0 Å². The third kappa shape index (κ3) is 2.77. The number of hydrogen-bond donors (Lipinski definition) is 1. The quantitative estimate of drug-likeness (QED) is 0.581. The van der Waals surface area contributed by atoms with Gasteiger partial charge in [-0.3, -0.25) is 0 Å². The Morgan fingerprint density at radius 2 is 1.64 bits per heavy atom. The highest BCUT2D eigenvalue weighted by atomic mass is 79.9. The Hall–Kier alpha value is 0.465. The van der Waals surface area contributed by atoms with Gasteiger partial charge in [-0.2, -0.15) is 0 Å². The maximum atomic E-state index is 8.52. The molecule has 0 fully saturated rings. The van der Waals surface area contributed by atoms with E-state index in [-0.39, 0.29) is 0 Å². The fraction of sp³-hybridized carbons (Fsp3) is 1.00. The molecule has 0 aromatic carbocycles. The Bertz CT molecular complexity index is 109. The minimum atomic E-state index is -0.443. The summed E-state index contributed by atoms with van der Waals surface area (Å²) in [5.41, 5.74) is 0. The molecular formula is C7H15BBrO2. The van der Waals surface area contributed by atoms with E-state index < -0.39 is 4.51 Å². The molecule has 0 aromatic rings. The van der Waals surface area contributed by atoms with Crippen molar-refractivity contribution in [2.75, 3.05) is 0 Å². The summed E-state index contributed by atoms with van der Waals surface area (Å²) in [5.74, 6) is 0.622. The fourth-order valence-corrected chi connectivity index (χ4v) is 1.10. The summed E-state index contributed by atoms with van der Waals surface area (Å²) in [6.45, 7) is 8.16. The summed E-state index contributed by atoms with van der Waals surface area (Å²) in [6, 6.07) is 0. The Morgan fingerprint density at radius 1 is 1.27 bits per heavy atom. The smallest absolute Gasteiger partial charge is 0.429 e. The lowest BCUT2D eigenvalue weighted by atomic mass is 9.95. The summed E-state index contributed by atoms with van der Waals surface area (Å²) in [7, 11) is 0.745. The molecule has 0 aromatic heterocycles. The second-order valence-electron chi connectivity index (χ2n) is 3.23. The highest BCUT2D eigenvalue weighted by Gasteiger charge is 2.34. The fourth-order valence-electron chi connectivity index (χ4n) is 1.02. The van der Waals surface area contributed by atoms with E-state index in [0.29, 0.717) is 11.8 Å². The van der Waals surface area contributed by atoms with Crippen molar-refractivity contribution in [2.45, 2.75) is 32.2 Å². The first-order valence-corrected chi connectivity index (χ1v) is 4.57. The van der Waals surface area contributed by atoms with Crippen LogP contribution in [0.4, 0.5) is 0 Å². The summed E-state index contributed by atoms with van der Waals surface area (Å²) in [5, 5.41) is 8.52. The van der Waals surface area contributed by atoms with Gasteiger partial charge in [0.1, 0.15) is 4.51 Å². The van der Waals surface area contributed by atoms with Gasteiger partial charge in [-0.15, -0.1) is 0 Å². The van der Waals surface area contributed by atoms with Gasteiger partial charge >= 0.3 is 7.69 Å². The molecule has 2 nitrogen and oxygen atoms in total. The second-order valence-corrected chi connectivity index (χ2v) is 4.47. The lowest BCUT2D eigenvalue weighted by Crippen LogP contribution is -2.38. The second kappa shape index (κ2) is 4.48. The predicted molar refractivity (Wildman–Crippen MR) is 50.4 cm³/mol. The van der Waals surface area contributed by atoms with Gasteiger partial charge in [0, 0.05) is 0 Å². The Morgan fingerprint density at radius 3 is 1.73 bits per heavy atom. The highest BCUT2D eigenvalue weighted by Crippen LogP contribution is 2.35. The van der Waals surface area contributed by atoms with Crippen LogP contribution in [-0.4, -0.2) is 17.2 Å². The molecule has 11 heavy (non-hydrogen) atoms. The summed E-state index contributed by atoms with van der Waals surface area (Å²) in [6.07, 6.45) is 0. The van der Waals surface area contributed by atoms with Crippen molar-refractivity contribution in [3.8, 4) is 0 Å². The molecule has 0 rings (SSSR count). The van der Waals surface area contributed by atoms with Gasteiger partial charge in [-0.05, 0) is 11.8 Å². The van der Waals surface area contributed by atoms with Crippen LogP contribution in [0.25, 0.3) is 0 Å². The lowest BCUT2D eigenvalue weighted by Gasteiger charge is -2.35. The molecule has 0 heterocycles. The van der Waals surface area contributed by atoms with Crippen LogP contribution in [0.2, 0.25) is 0 Å². The van der Waals surface area contributed by atoms with Gasteiger partial charge in [0.15, 0.2) is 0 Å². The third-order valence-corrected chi connectivity index (χ3v) is 3.83. The molecule has 0 amide bonds. The SMILES string of the molecule is CC(C)C(Br)(O[B]O)C(C)C. The Kier molecular flexibility index (Phi) is 4.67. The normalized spacial score (nSPS) is 12.7. The first kappa shape index (κ1) is 11.5. The minimum absolute atomic E-state index is 0.311. The minimum Gasteiger partial charge on any atom is -0.429 e. The Labute approximate surface area is 77.8 Å². The number of hydrogen-bond acceptors (Lipinski definition) is 2. The molecule has 0 atom stereocenters. The van der Waals surface area contributed by atoms with Crippen LogP contribution >= 0.6 is 15.9 Å². The van der Waals surface area contributed by atoms with E-state index in [1.807, 2.05) is 27.7 Å². The molecule has 1 radical (unpaired) electrons. The van der Waals surface area contributed by atoms with Crippen LogP contribution in [0.15, 0.2) is 0 Å². The van der Waals surface area contributed by atoms with E-state index in [1.54, 1.807) is 0 Å². The molecule has 0 aliphatic rings. The zero-order valence-corrected chi connectivity index (χ0v) is 9.05. The summed E-state index contributed by atoms with van der Waals surface area (Å²) >= 11 is 3.46. The molecule has 0 saturated heterocycles. The summed E-state index contributed by atoms with van der Waals surface area (Å²) in [4.78, 5) is 0. The molecule has 1 N–H and O–H groups in total. The van der Waals surface area contributed by atoms with Crippen LogP contribution in [0.1, 0.15) is 27.7 Å². The van der Waals surface area contributed by atoms with E-state index in [4.69, 9.17) is 9.68 Å². The van der Waals surface area contributed by atoms with Crippen LogP contribution in [0, 0.1) is 11.8 Å². The lowest BCUT2D eigenvalue weighted by molar-refractivity contribution is 0.0653. The maximum Gasteiger partial charge on any atom is 0.486 e. The van der Waals surface area contributed by atoms with E-state index in [1.165, 1.54) is 0 Å². The Balaban J connectivity index is 4.26. The van der Waals surface area contributed by atoms with Gasteiger partial charge in [0.2, 0.25) is 0 Å².